The van der Waals surface area contributed by atoms with Crippen LogP contribution in [0.2, 0.25) is 0 Å². The Bertz CT molecular complexity index is 789. The molecule has 0 rings (SSSR count). The van der Waals surface area contributed by atoms with Crippen LogP contribution in [0, 0.1) is 10.1 Å². The third kappa shape index (κ3) is 7.17. The predicted octanol–water partition coefficient (Wildman–Crippen LogP) is 3.22. The number of carbonyl (C=O) groups is 3. The van der Waals surface area contributed by atoms with Gasteiger partial charge in [-0.15, -0.1) is 0 Å². The van der Waals surface area contributed by atoms with Gasteiger partial charge in [0.15, 0.2) is 19.8 Å². The zero-order chi connectivity index (χ0) is 30.1. The van der Waals surface area contributed by atoms with Gasteiger partial charge in [0.1, 0.15) is 0 Å². The summed E-state index contributed by atoms with van der Waals surface area (Å²) < 4.78 is 196. The zero-order valence-electron chi connectivity index (χ0n) is 16.5. The molecular formula is C13H6F15NO8. The maximum Gasteiger partial charge on any atom is 0.465 e. The number of ether oxygens (including phenoxy) is 3. The summed E-state index contributed by atoms with van der Waals surface area (Å²) in [7, 11) is 0. The van der Waals surface area contributed by atoms with Crippen LogP contribution in [0.15, 0.2) is 0 Å². The minimum atomic E-state index is -6.77. The molecule has 0 radical (unpaired) electrons. The monoisotopic (exact) mass is 589 g/mol. The van der Waals surface area contributed by atoms with Crippen molar-refractivity contribution in [3.63, 3.8) is 0 Å². The molecule has 0 spiro atoms. The number of hydrogen-bond donors (Lipinski definition) is 0. The highest BCUT2D eigenvalue weighted by molar-refractivity contribution is 5.80. The second-order valence-corrected chi connectivity index (χ2v) is 6.43. The fourth-order valence-corrected chi connectivity index (χ4v) is 1.50. The lowest BCUT2D eigenvalue weighted by Crippen LogP contribution is -2.56. The van der Waals surface area contributed by atoms with Crippen LogP contribution in [0.25, 0.3) is 0 Å². The van der Waals surface area contributed by atoms with E-state index in [0.29, 0.717) is 0 Å². The number of halogens is 15. The normalized spacial score (nSPS) is 14.1. The van der Waals surface area contributed by atoms with Crippen molar-refractivity contribution in [1.82, 2.24) is 0 Å². The van der Waals surface area contributed by atoms with Gasteiger partial charge in [0.25, 0.3) is 0 Å². The Labute approximate surface area is 190 Å². The molecule has 0 N–H and O–H groups in total. The quantitative estimate of drug-likeness (QED) is 0.125. The van der Waals surface area contributed by atoms with Crippen LogP contribution < -0.4 is 0 Å². The Kier molecular flexibility index (Phi) is 9.36. The summed E-state index contributed by atoms with van der Waals surface area (Å²) in [5.41, 5.74) is -4.29. The second kappa shape index (κ2) is 10.3. The Morgan fingerprint density at radius 3 is 0.838 bits per heavy atom. The molecule has 0 amide bonds. The molecule has 0 bridgehead atoms. The number of rotatable bonds is 10. The molecule has 0 heterocycles. The maximum absolute atomic E-state index is 12.9. The van der Waals surface area contributed by atoms with E-state index in [9.17, 15) is 90.4 Å². The first-order valence-electron chi connectivity index (χ1n) is 8.07. The molecule has 0 aliphatic heterocycles. The van der Waals surface area contributed by atoms with E-state index in [-0.39, 0.29) is 0 Å². The fourth-order valence-electron chi connectivity index (χ4n) is 1.50. The smallest absolute Gasteiger partial charge is 0.453 e. The molecule has 216 valence electrons. The van der Waals surface area contributed by atoms with Crippen LogP contribution in [-0.4, -0.2) is 84.5 Å². The van der Waals surface area contributed by atoms with E-state index >= 15 is 0 Å². The lowest BCUT2D eigenvalue weighted by atomic mass is 10.0. The predicted molar refractivity (Wildman–Crippen MR) is 75.6 cm³/mol. The van der Waals surface area contributed by atoms with Gasteiger partial charge in [-0.1, -0.05) is 0 Å². The molecule has 0 saturated carbocycles. The van der Waals surface area contributed by atoms with Gasteiger partial charge in [-0.05, 0) is 0 Å². The van der Waals surface area contributed by atoms with Crippen LogP contribution in [0.5, 0.6) is 0 Å². The average Bonchev–Trinajstić information content (AvgIpc) is 2.69. The van der Waals surface area contributed by atoms with Crippen molar-refractivity contribution in [3.8, 4) is 0 Å². The van der Waals surface area contributed by atoms with Crippen molar-refractivity contribution in [2.45, 2.75) is 41.8 Å². The summed E-state index contributed by atoms with van der Waals surface area (Å²) in [5.74, 6) is -30.8. The van der Waals surface area contributed by atoms with Crippen molar-refractivity contribution in [2.24, 2.45) is 0 Å². The van der Waals surface area contributed by atoms with E-state index in [2.05, 4.69) is 14.2 Å². The van der Waals surface area contributed by atoms with E-state index < -0.39 is 84.5 Å². The Balaban J connectivity index is 6.22. The minimum Gasteiger partial charge on any atom is -0.453 e. The van der Waals surface area contributed by atoms with Crippen molar-refractivity contribution in [3.05, 3.63) is 10.1 Å². The molecule has 37 heavy (non-hydrogen) atoms. The Morgan fingerprint density at radius 1 is 0.514 bits per heavy atom. The van der Waals surface area contributed by atoms with Gasteiger partial charge in [0.05, 0.1) is 0 Å². The molecule has 0 aromatic rings. The molecule has 0 aliphatic rings. The van der Waals surface area contributed by atoms with Gasteiger partial charge in [-0.2, -0.15) is 65.9 Å². The van der Waals surface area contributed by atoms with E-state index in [1.54, 1.807) is 0 Å². The van der Waals surface area contributed by atoms with Gasteiger partial charge in [-0.3, -0.25) is 10.1 Å². The van der Waals surface area contributed by atoms with Crippen LogP contribution in [0.3, 0.4) is 0 Å². The number of carbonyl (C=O) groups excluding carboxylic acids is 3. The summed E-state index contributed by atoms with van der Waals surface area (Å²) in [6.07, 6.45) is -20.3. The van der Waals surface area contributed by atoms with Crippen molar-refractivity contribution < 1.29 is 99.4 Å². The molecular weight excluding hydrogens is 583 g/mol. The topological polar surface area (TPSA) is 122 Å². The summed E-state index contributed by atoms with van der Waals surface area (Å²) >= 11 is 0. The molecule has 0 saturated heterocycles. The number of nitrogens with zero attached hydrogens (tertiary/aromatic N) is 1. The highest BCUT2D eigenvalue weighted by Gasteiger charge is 2.68. The van der Waals surface area contributed by atoms with Crippen molar-refractivity contribution in [1.29, 1.82) is 0 Å². The third-order valence-corrected chi connectivity index (χ3v) is 3.64. The van der Waals surface area contributed by atoms with Crippen LogP contribution in [0.1, 0.15) is 0 Å². The largest absolute Gasteiger partial charge is 0.465 e. The maximum atomic E-state index is 12.9. The summed E-state index contributed by atoms with van der Waals surface area (Å²) in [6.45, 7) is -8.29. The van der Waals surface area contributed by atoms with Gasteiger partial charge >= 0.3 is 59.7 Å². The summed E-state index contributed by atoms with van der Waals surface area (Å²) in [4.78, 5) is 41.8. The van der Waals surface area contributed by atoms with Gasteiger partial charge in [0, 0.05) is 4.92 Å². The number of esters is 3. The van der Waals surface area contributed by atoms with E-state index in [1.807, 2.05) is 0 Å². The third-order valence-electron chi connectivity index (χ3n) is 3.64. The molecule has 9 nitrogen and oxygen atoms in total. The summed E-state index contributed by atoms with van der Waals surface area (Å²) in [6, 6.07) is 0. The first kappa shape index (κ1) is 33.8. The van der Waals surface area contributed by atoms with Crippen LogP contribution in [0.4, 0.5) is 65.9 Å². The van der Waals surface area contributed by atoms with Gasteiger partial charge < -0.3 is 14.2 Å². The van der Waals surface area contributed by atoms with Gasteiger partial charge in [0.2, 0.25) is 0 Å². The van der Waals surface area contributed by atoms with Gasteiger partial charge in [-0.25, -0.2) is 14.4 Å². The van der Waals surface area contributed by atoms with E-state index in [0.717, 1.165) is 0 Å². The standard InChI is InChI=1S/C13H6F15NO8/c14-8(15,11(20,21)22)4(30)35-1-7(29(33)34,2-36-5(31)9(16,17)12(23,24)25)3-37-6(32)10(18,19)13(26,27)28/h1-3H2. The zero-order valence-corrected chi connectivity index (χ0v) is 16.5. The van der Waals surface area contributed by atoms with Crippen LogP contribution in [-0.2, 0) is 28.6 Å². The molecule has 0 aromatic heterocycles. The summed E-state index contributed by atoms with van der Waals surface area (Å²) in [5, 5.41) is 11.2. The number of nitro groups is 1. The average molecular weight is 589 g/mol. The minimum absolute atomic E-state index is 2.27. The molecule has 0 aromatic carbocycles. The molecule has 24 heteroatoms. The second-order valence-electron chi connectivity index (χ2n) is 6.43. The van der Waals surface area contributed by atoms with Crippen molar-refractivity contribution in [2.75, 3.05) is 19.8 Å². The Hall–Kier alpha value is -3.24. The fraction of sp³-hybridized carbons (Fsp3) is 0.769. The number of alkyl halides is 15. The highest BCUT2D eigenvalue weighted by Crippen LogP contribution is 2.39. The molecule has 0 unspecified atom stereocenters. The van der Waals surface area contributed by atoms with Crippen molar-refractivity contribution >= 4 is 17.9 Å². The molecule has 0 aliphatic carbocycles. The van der Waals surface area contributed by atoms with E-state index in [4.69, 9.17) is 0 Å². The lowest BCUT2D eigenvalue weighted by molar-refractivity contribution is -0.580. The molecule has 0 fully saturated rings. The first-order chi connectivity index (χ1) is 16.1. The number of hydrogen-bond acceptors (Lipinski definition) is 8. The lowest BCUT2D eigenvalue weighted by Gasteiger charge is -2.27. The highest BCUT2D eigenvalue weighted by atomic mass is 19.4. The first-order valence-corrected chi connectivity index (χ1v) is 8.07. The van der Waals surface area contributed by atoms with Crippen LogP contribution >= 0.6 is 0 Å². The SMILES string of the molecule is O=C(OCC(COC(=O)C(F)(F)C(F)(F)F)(COC(=O)C(F)(F)C(F)(F)F)[N+](=O)[O-])C(F)(F)C(F)(F)F. The molecule has 0 atom stereocenters. The Morgan fingerprint density at radius 2 is 0.703 bits per heavy atom. The van der Waals surface area contributed by atoms with E-state index in [1.165, 1.54) is 0 Å².